The van der Waals surface area contributed by atoms with E-state index >= 15 is 0 Å². The molecule has 0 bridgehead atoms. The SMILES string of the molecule is Cc1cc(C)c(C(N)=S)c(N(C)Cc2ccccn2)n1. The van der Waals surface area contributed by atoms with Crippen LogP contribution in [0.3, 0.4) is 0 Å². The molecule has 2 N–H and O–H groups in total. The lowest BCUT2D eigenvalue weighted by atomic mass is 10.1. The Hall–Kier alpha value is -2.01. The average molecular weight is 286 g/mol. The quantitative estimate of drug-likeness (QED) is 0.875. The molecule has 0 aliphatic rings. The summed E-state index contributed by atoms with van der Waals surface area (Å²) in [6.45, 7) is 4.63. The van der Waals surface area contributed by atoms with E-state index in [0.717, 1.165) is 28.3 Å². The smallest absolute Gasteiger partial charge is 0.139 e. The van der Waals surface area contributed by atoms with E-state index in [4.69, 9.17) is 18.0 Å². The largest absolute Gasteiger partial charge is 0.389 e. The maximum Gasteiger partial charge on any atom is 0.139 e. The van der Waals surface area contributed by atoms with E-state index in [9.17, 15) is 0 Å². The maximum absolute atomic E-state index is 5.85. The van der Waals surface area contributed by atoms with E-state index in [1.807, 2.05) is 50.1 Å². The Morgan fingerprint density at radius 2 is 2.10 bits per heavy atom. The second-order valence-electron chi connectivity index (χ2n) is 4.82. The molecule has 5 heteroatoms. The summed E-state index contributed by atoms with van der Waals surface area (Å²) in [5.74, 6) is 0.806. The molecule has 2 rings (SSSR count). The van der Waals surface area contributed by atoms with Gasteiger partial charge in [0.05, 0.1) is 17.8 Å². The Balaban J connectivity index is 2.38. The van der Waals surface area contributed by atoms with Gasteiger partial charge in [-0.15, -0.1) is 0 Å². The minimum absolute atomic E-state index is 0.373. The highest BCUT2D eigenvalue weighted by molar-refractivity contribution is 7.80. The first-order valence-electron chi connectivity index (χ1n) is 6.38. The zero-order valence-electron chi connectivity index (χ0n) is 11.9. The fourth-order valence-corrected chi connectivity index (χ4v) is 2.46. The van der Waals surface area contributed by atoms with Crippen LogP contribution in [-0.2, 0) is 6.54 Å². The molecule has 2 aromatic heterocycles. The maximum atomic E-state index is 5.85. The summed E-state index contributed by atoms with van der Waals surface area (Å²) in [4.78, 5) is 11.3. The van der Waals surface area contributed by atoms with E-state index in [1.165, 1.54) is 0 Å². The third kappa shape index (κ3) is 3.11. The molecule has 0 saturated carbocycles. The molecule has 20 heavy (non-hydrogen) atoms. The lowest BCUT2D eigenvalue weighted by Gasteiger charge is -2.22. The number of rotatable bonds is 4. The molecule has 2 heterocycles. The summed E-state index contributed by atoms with van der Waals surface area (Å²) in [5.41, 5.74) is 9.66. The van der Waals surface area contributed by atoms with Gasteiger partial charge in [-0.1, -0.05) is 18.3 Å². The van der Waals surface area contributed by atoms with Crippen molar-refractivity contribution in [3.8, 4) is 0 Å². The first kappa shape index (κ1) is 14.4. The minimum atomic E-state index is 0.373. The highest BCUT2D eigenvalue weighted by atomic mass is 32.1. The van der Waals surface area contributed by atoms with Crippen molar-refractivity contribution >= 4 is 23.0 Å². The molecule has 0 unspecified atom stereocenters. The normalized spacial score (nSPS) is 10.3. The summed E-state index contributed by atoms with van der Waals surface area (Å²) in [5, 5.41) is 0. The van der Waals surface area contributed by atoms with Gasteiger partial charge in [-0.3, -0.25) is 4.98 Å². The molecule has 0 aromatic carbocycles. The fraction of sp³-hybridized carbons (Fsp3) is 0.267. The van der Waals surface area contributed by atoms with Crippen LogP contribution in [0, 0.1) is 13.8 Å². The minimum Gasteiger partial charge on any atom is -0.389 e. The van der Waals surface area contributed by atoms with Crippen LogP contribution in [0.15, 0.2) is 30.5 Å². The molecule has 0 aliphatic carbocycles. The van der Waals surface area contributed by atoms with Gasteiger partial charge in [0, 0.05) is 18.9 Å². The number of pyridine rings is 2. The highest BCUT2D eigenvalue weighted by Crippen LogP contribution is 2.22. The molecule has 0 radical (unpaired) electrons. The number of aromatic nitrogens is 2. The van der Waals surface area contributed by atoms with Gasteiger partial charge in [-0.25, -0.2) is 4.98 Å². The standard InChI is InChI=1S/C15H18N4S/c1-10-8-11(2)18-15(13(10)14(16)20)19(3)9-12-6-4-5-7-17-12/h4-8H,9H2,1-3H3,(H2,16,20). The molecular formula is C15H18N4S. The summed E-state index contributed by atoms with van der Waals surface area (Å²) in [6, 6.07) is 7.85. The Bertz CT molecular complexity index is 625. The average Bonchev–Trinajstić information content (AvgIpc) is 2.38. The number of thiocarbonyl (C=S) groups is 1. The van der Waals surface area contributed by atoms with Crippen LogP contribution in [0.2, 0.25) is 0 Å². The van der Waals surface area contributed by atoms with Crippen molar-refractivity contribution in [1.82, 2.24) is 9.97 Å². The van der Waals surface area contributed by atoms with E-state index < -0.39 is 0 Å². The lowest BCUT2D eigenvalue weighted by Crippen LogP contribution is -2.24. The number of anilines is 1. The predicted octanol–water partition coefficient (Wildman–Crippen LogP) is 2.36. The third-order valence-corrected chi connectivity index (χ3v) is 3.26. The van der Waals surface area contributed by atoms with E-state index in [2.05, 4.69) is 9.97 Å². The van der Waals surface area contributed by atoms with Crippen LogP contribution in [-0.4, -0.2) is 22.0 Å². The highest BCUT2D eigenvalue weighted by Gasteiger charge is 2.15. The van der Waals surface area contributed by atoms with Crippen LogP contribution in [0.25, 0.3) is 0 Å². The molecule has 0 amide bonds. The van der Waals surface area contributed by atoms with Crippen LogP contribution < -0.4 is 10.6 Å². The van der Waals surface area contributed by atoms with Crippen LogP contribution in [0.1, 0.15) is 22.5 Å². The van der Waals surface area contributed by atoms with E-state index in [1.54, 1.807) is 6.20 Å². The molecule has 0 spiro atoms. The zero-order valence-corrected chi connectivity index (χ0v) is 12.7. The number of hydrogen-bond acceptors (Lipinski definition) is 4. The van der Waals surface area contributed by atoms with Crippen molar-refractivity contribution in [3.05, 3.63) is 53.0 Å². The van der Waals surface area contributed by atoms with Crippen molar-refractivity contribution in [2.75, 3.05) is 11.9 Å². The van der Waals surface area contributed by atoms with Crippen LogP contribution in [0.5, 0.6) is 0 Å². The number of nitrogens with two attached hydrogens (primary N) is 1. The van der Waals surface area contributed by atoms with Crippen LogP contribution in [0.4, 0.5) is 5.82 Å². The van der Waals surface area contributed by atoms with Gasteiger partial charge >= 0.3 is 0 Å². The summed E-state index contributed by atoms with van der Waals surface area (Å²) < 4.78 is 0. The van der Waals surface area contributed by atoms with Gasteiger partial charge in [-0.2, -0.15) is 0 Å². The molecular weight excluding hydrogens is 268 g/mol. The van der Waals surface area contributed by atoms with Gasteiger partial charge in [0.2, 0.25) is 0 Å². The molecule has 0 aliphatic heterocycles. The first-order valence-corrected chi connectivity index (χ1v) is 6.79. The molecule has 2 aromatic rings. The third-order valence-electron chi connectivity index (χ3n) is 3.06. The number of aryl methyl sites for hydroxylation is 2. The van der Waals surface area contributed by atoms with E-state index in [0.29, 0.717) is 11.5 Å². The van der Waals surface area contributed by atoms with Gasteiger partial charge in [0.1, 0.15) is 10.8 Å². The number of hydrogen-bond donors (Lipinski definition) is 1. The first-order chi connectivity index (χ1) is 9.49. The van der Waals surface area contributed by atoms with Gasteiger partial charge < -0.3 is 10.6 Å². The lowest BCUT2D eigenvalue weighted by molar-refractivity contribution is 0.859. The Kier molecular flexibility index (Phi) is 4.29. The predicted molar refractivity (Wildman–Crippen MR) is 85.9 cm³/mol. The van der Waals surface area contributed by atoms with Crippen molar-refractivity contribution in [2.24, 2.45) is 5.73 Å². The van der Waals surface area contributed by atoms with Crippen molar-refractivity contribution in [1.29, 1.82) is 0 Å². The van der Waals surface area contributed by atoms with Gasteiger partial charge in [0.25, 0.3) is 0 Å². The van der Waals surface area contributed by atoms with Crippen molar-refractivity contribution in [2.45, 2.75) is 20.4 Å². The van der Waals surface area contributed by atoms with Crippen molar-refractivity contribution < 1.29 is 0 Å². The fourth-order valence-electron chi connectivity index (χ4n) is 2.21. The monoisotopic (exact) mass is 286 g/mol. The molecule has 0 atom stereocenters. The summed E-state index contributed by atoms with van der Waals surface area (Å²) in [7, 11) is 1.97. The van der Waals surface area contributed by atoms with Gasteiger partial charge in [0.15, 0.2) is 0 Å². The number of nitrogens with zero attached hydrogens (tertiary/aromatic N) is 3. The molecule has 0 saturated heterocycles. The molecule has 0 fully saturated rings. The molecule has 104 valence electrons. The topological polar surface area (TPSA) is 55.0 Å². The molecule has 4 nitrogen and oxygen atoms in total. The van der Waals surface area contributed by atoms with Gasteiger partial charge in [-0.05, 0) is 37.6 Å². The summed E-state index contributed by atoms with van der Waals surface area (Å²) >= 11 is 5.16. The van der Waals surface area contributed by atoms with Crippen molar-refractivity contribution in [3.63, 3.8) is 0 Å². The summed E-state index contributed by atoms with van der Waals surface area (Å²) in [6.07, 6.45) is 1.78. The van der Waals surface area contributed by atoms with Crippen LogP contribution >= 0.6 is 12.2 Å². The second-order valence-corrected chi connectivity index (χ2v) is 5.26. The second kappa shape index (κ2) is 5.96. The van der Waals surface area contributed by atoms with E-state index in [-0.39, 0.29) is 0 Å². The zero-order chi connectivity index (χ0) is 14.7. The Morgan fingerprint density at radius 1 is 1.35 bits per heavy atom. The Labute approximate surface area is 124 Å². The Morgan fingerprint density at radius 3 is 2.70 bits per heavy atom.